The molecule has 0 heterocycles. The normalized spacial score (nSPS) is 14.4. The summed E-state index contributed by atoms with van der Waals surface area (Å²) < 4.78 is 10.4. The average molecular weight is 259 g/mol. The minimum atomic E-state index is -0.256. The molecule has 0 aromatic carbocycles. The van der Waals surface area contributed by atoms with E-state index in [2.05, 4.69) is 20.8 Å². The summed E-state index contributed by atoms with van der Waals surface area (Å²) in [6.45, 7) is 10.6. The van der Waals surface area contributed by atoms with Crippen LogP contribution in [-0.2, 0) is 14.3 Å². The van der Waals surface area contributed by atoms with Crippen LogP contribution in [0.2, 0.25) is 0 Å². The maximum absolute atomic E-state index is 11.6. The zero-order chi connectivity index (χ0) is 14.4. The van der Waals surface area contributed by atoms with E-state index in [1.807, 2.05) is 13.8 Å². The van der Waals surface area contributed by atoms with E-state index in [1.54, 1.807) is 7.11 Å². The third-order valence-corrected chi connectivity index (χ3v) is 2.82. The molecule has 1 unspecified atom stereocenters. The van der Waals surface area contributed by atoms with Gasteiger partial charge >= 0.3 is 5.97 Å². The third kappa shape index (κ3) is 9.42. The highest BCUT2D eigenvalue weighted by Crippen LogP contribution is 2.21. The lowest BCUT2D eigenvalue weighted by molar-refractivity contribution is -0.145. The zero-order valence-corrected chi connectivity index (χ0v) is 12.7. The van der Waals surface area contributed by atoms with Crippen molar-refractivity contribution in [1.29, 1.82) is 0 Å². The minimum Gasteiger partial charge on any atom is -0.466 e. The van der Waals surface area contributed by atoms with Crippen LogP contribution in [0.3, 0.4) is 0 Å². The Hall–Kier alpha value is -0.610. The van der Waals surface area contributed by atoms with Gasteiger partial charge in [-0.2, -0.15) is 0 Å². The molecule has 4 heteroatoms. The zero-order valence-electron chi connectivity index (χ0n) is 12.7. The van der Waals surface area contributed by atoms with Gasteiger partial charge in [0.25, 0.3) is 0 Å². The Kier molecular flexibility index (Phi) is 6.86. The van der Waals surface area contributed by atoms with Crippen LogP contribution in [-0.4, -0.2) is 31.3 Å². The molecule has 1 atom stereocenters. The van der Waals surface area contributed by atoms with E-state index < -0.39 is 0 Å². The Morgan fingerprint density at radius 1 is 1.22 bits per heavy atom. The van der Waals surface area contributed by atoms with Crippen molar-refractivity contribution in [2.24, 2.45) is 11.1 Å². The lowest BCUT2D eigenvalue weighted by Gasteiger charge is -2.24. The van der Waals surface area contributed by atoms with Crippen LogP contribution in [0.5, 0.6) is 0 Å². The van der Waals surface area contributed by atoms with E-state index in [1.165, 1.54) is 0 Å². The van der Waals surface area contributed by atoms with Gasteiger partial charge in [-0.1, -0.05) is 20.8 Å². The van der Waals surface area contributed by atoms with Crippen molar-refractivity contribution >= 4 is 5.97 Å². The first-order valence-electron chi connectivity index (χ1n) is 6.52. The minimum absolute atomic E-state index is 0.132. The van der Waals surface area contributed by atoms with Crippen LogP contribution < -0.4 is 5.73 Å². The maximum Gasteiger partial charge on any atom is 0.307 e. The van der Waals surface area contributed by atoms with Gasteiger partial charge in [0, 0.05) is 19.6 Å². The van der Waals surface area contributed by atoms with Gasteiger partial charge in [-0.25, -0.2) is 0 Å². The van der Waals surface area contributed by atoms with Gasteiger partial charge in [0.15, 0.2) is 0 Å². The van der Waals surface area contributed by atoms with E-state index >= 15 is 0 Å². The highest BCUT2D eigenvalue weighted by atomic mass is 16.5. The first kappa shape index (κ1) is 17.4. The number of ether oxygens (including phenoxy) is 2. The molecule has 0 fully saturated rings. The predicted molar refractivity (Wildman–Crippen MR) is 73.3 cm³/mol. The molecule has 0 saturated carbocycles. The summed E-state index contributed by atoms with van der Waals surface area (Å²) in [6, 6.07) is -0.132. The van der Waals surface area contributed by atoms with Gasteiger partial charge in [-0.3, -0.25) is 4.79 Å². The first-order valence-corrected chi connectivity index (χ1v) is 6.52. The molecule has 0 aliphatic rings. The van der Waals surface area contributed by atoms with Gasteiger partial charge in [0.05, 0.1) is 18.6 Å². The van der Waals surface area contributed by atoms with E-state index in [9.17, 15) is 4.79 Å². The van der Waals surface area contributed by atoms with Crippen molar-refractivity contribution in [2.45, 2.75) is 65.5 Å². The number of rotatable bonds is 7. The van der Waals surface area contributed by atoms with Gasteiger partial charge in [0.1, 0.15) is 0 Å². The van der Waals surface area contributed by atoms with Gasteiger partial charge in [-0.15, -0.1) is 0 Å². The summed E-state index contributed by atoms with van der Waals surface area (Å²) in [5.74, 6) is -0.223. The predicted octanol–water partition coefficient (Wildman–Crippen LogP) is 2.50. The van der Waals surface area contributed by atoms with Crippen molar-refractivity contribution in [3.05, 3.63) is 0 Å². The van der Waals surface area contributed by atoms with Crippen molar-refractivity contribution < 1.29 is 14.3 Å². The molecule has 18 heavy (non-hydrogen) atoms. The van der Waals surface area contributed by atoms with Crippen LogP contribution >= 0.6 is 0 Å². The number of methoxy groups -OCH3 is 1. The molecule has 0 aromatic rings. The second-order valence-corrected chi connectivity index (χ2v) is 6.66. The fraction of sp³-hybridized carbons (Fsp3) is 0.929. The van der Waals surface area contributed by atoms with Crippen LogP contribution in [0.1, 0.15) is 53.9 Å². The highest BCUT2D eigenvalue weighted by Gasteiger charge is 2.20. The van der Waals surface area contributed by atoms with Crippen molar-refractivity contribution in [3.63, 3.8) is 0 Å². The molecule has 0 aliphatic heterocycles. The number of hydrogen-bond acceptors (Lipinski definition) is 4. The average Bonchev–Trinajstić information content (AvgIpc) is 2.13. The van der Waals surface area contributed by atoms with Crippen LogP contribution in [0, 0.1) is 5.41 Å². The molecule has 0 spiro atoms. The maximum atomic E-state index is 11.6. The molecule has 0 aromatic heterocycles. The second kappa shape index (κ2) is 7.10. The largest absolute Gasteiger partial charge is 0.466 e. The van der Waals surface area contributed by atoms with Gasteiger partial charge < -0.3 is 15.2 Å². The third-order valence-electron chi connectivity index (χ3n) is 2.82. The summed E-state index contributed by atoms with van der Waals surface area (Å²) in [4.78, 5) is 11.6. The number of esters is 1. The summed E-state index contributed by atoms with van der Waals surface area (Å²) >= 11 is 0. The summed E-state index contributed by atoms with van der Waals surface area (Å²) in [7, 11) is 1.65. The molecule has 2 N–H and O–H groups in total. The van der Waals surface area contributed by atoms with Gasteiger partial charge in [-0.05, 0) is 25.7 Å². The summed E-state index contributed by atoms with van der Waals surface area (Å²) in [6.07, 6.45) is 1.78. The van der Waals surface area contributed by atoms with Gasteiger partial charge in [0.2, 0.25) is 0 Å². The second-order valence-electron chi connectivity index (χ2n) is 6.66. The van der Waals surface area contributed by atoms with E-state index in [4.69, 9.17) is 15.2 Å². The Bertz CT molecular complexity index is 256. The number of nitrogens with two attached hydrogens (primary N) is 1. The molecule has 0 rings (SSSR count). The SMILES string of the molecule is COC(C)(C)CCOC(=O)CC(N)CC(C)(C)C. The van der Waals surface area contributed by atoms with Crippen LogP contribution in [0.4, 0.5) is 0 Å². The van der Waals surface area contributed by atoms with E-state index in [-0.39, 0.29) is 29.4 Å². The Morgan fingerprint density at radius 2 is 1.78 bits per heavy atom. The monoisotopic (exact) mass is 259 g/mol. The van der Waals surface area contributed by atoms with Crippen molar-refractivity contribution in [1.82, 2.24) is 0 Å². The molecule has 0 amide bonds. The molecule has 108 valence electrons. The quantitative estimate of drug-likeness (QED) is 0.714. The smallest absolute Gasteiger partial charge is 0.307 e. The van der Waals surface area contributed by atoms with E-state index in [0.29, 0.717) is 13.0 Å². The molecule has 4 nitrogen and oxygen atoms in total. The fourth-order valence-electron chi connectivity index (χ4n) is 1.64. The Labute approximate surface area is 111 Å². The standard InChI is InChI=1S/C14H29NO3/c1-13(2,3)10-11(15)9-12(16)18-8-7-14(4,5)17-6/h11H,7-10,15H2,1-6H3. The topological polar surface area (TPSA) is 61.5 Å². The molecule has 0 bridgehead atoms. The van der Waals surface area contributed by atoms with Crippen LogP contribution in [0.25, 0.3) is 0 Å². The number of carbonyl (C=O) groups excluding carboxylic acids is 1. The molecule has 0 aliphatic carbocycles. The Balaban J connectivity index is 3.85. The first-order chi connectivity index (χ1) is 8.06. The molecular weight excluding hydrogens is 230 g/mol. The van der Waals surface area contributed by atoms with Crippen molar-refractivity contribution in [2.75, 3.05) is 13.7 Å². The van der Waals surface area contributed by atoms with Crippen molar-refractivity contribution in [3.8, 4) is 0 Å². The van der Waals surface area contributed by atoms with Crippen LogP contribution in [0.15, 0.2) is 0 Å². The number of hydrogen-bond donors (Lipinski definition) is 1. The molecular formula is C14H29NO3. The summed E-state index contributed by atoms with van der Waals surface area (Å²) in [5.41, 5.74) is 5.80. The number of carbonyl (C=O) groups is 1. The summed E-state index contributed by atoms with van der Waals surface area (Å²) in [5, 5.41) is 0. The lowest BCUT2D eigenvalue weighted by Crippen LogP contribution is -2.30. The molecule has 0 radical (unpaired) electrons. The lowest BCUT2D eigenvalue weighted by atomic mass is 9.87. The highest BCUT2D eigenvalue weighted by molar-refractivity contribution is 5.70. The Morgan fingerprint density at radius 3 is 2.22 bits per heavy atom. The molecule has 0 saturated heterocycles. The van der Waals surface area contributed by atoms with E-state index in [0.717, 1.165) is 6.42 Å². The fourth-order valence-corrected chi connectivity index (χ4v) is 1.64.